The molecule has 0 bridgehead atoms. The summed E-state index contributed by atoms with van der Waals surface area (Å²) in [5.74, 6) is -2.89. The van der Waals surface area contributed by atoms with E-state index in [0.29, 0.717) is 17.1 Å². The highest BCUT2D eigenvalue weighted by molar-refractivity contribution is 6.23. The number of hydrogen-bond donors (Lipinski definition) is 1. The van der Waals surface area contributed by atoms with Crippen LogP contribution in [0.1, 0.15) is 20.3 Å². The summed E-state index contributed by atoms with van der Waals surface area (Å²) in [5.41, 5.74) is 1.46. The molecule has 3 rings (SSSR count). The number of anilines is 2. The van der Waals surface area contributed by atoms with Crippen molar-refractivity contribution in [3.8, 4) is 0 Å². The molecule has 0 radical (unpaired) electrons. The number of para-hydroxylation sites is 1. The average Bonchev–Trinajstić information content (AvgIpc) is 2.98. The number of hydrogen-bond acceptors (Lipinski definition) is 5. The predicted molar refractivity (Wildman–Crippen MR) is 106 cm³/mol. The Hall–Kier alpha value is -3.48. The van der Waals surface area contributed by atoms with Crippen molar-refractivity contribution in [1.29, 1.82) is 0 Å². The quantitative estimate of drug-likeness (QED) is 0.458. The number of imide groups is 1. The predicted octanol–water partition coefficient (Wildman–Crippen LogP) is 3.65. The van der Waals surface area contributed by atoms with E-state index in [-0.39, 0.29) is 24.5 Å². The largest absolute Gasteiger partial charge is 0.463 e. The molecule has 1 unspecified atom stereocenters. The highest BCUT2D eigenvalue weighted by Gasteiger charge is 2.44. The molecular formula is C22H21FN2O4. The van der Waals surface area contributed by atoms with E-state index in [1.54, 1.807) is 44.2 Å². The van der Waals surface area contributed by atoms with Gasteiger partial charge in [0.1, 0.15) is 5.82 Å². The number of benzene rings is 2. The Bertz CT molecular complexity index is 955. The average molecular weight is 396 g/mol. The zero-order chi connectivity index (χ0) is 21.0. The van der Waals surface area contributed by atoms with Crippen molar-refractivity contribution in [2.24, 2.45) is 5.92 Å². The van der Waals surface area contributed by atoms with Gasteiger partial charge in [-0.1, -0.05) is 18.2 Å². The number of esters is 1. The third-order valence-corrected chi connectivity index (χ3v) is 4.58. The van der Waals surface area contributed by atoms with E-state index >= 15 is 0 Å². The van der Waals surface area contributed by atoms with Crippen LogP contribution in [0.15, 0.2) is 65.9 Å². The van der Waals surface area contributed by atoms with E-state index in [4.69, 9.17) is 4.74 Å². The summed E-state index contributed by atoms with van der Waals surface area (Å²) >= 11 is 0. The van der Waals surface area contributed by atoms with Crippen molar-refractivity contribution in [1.82, 2.24) is 0 Å². The van der Waals surface area contributed by atoms with Gasteiger partial charge in [-0.2, -0.15) is 0 Å². The fraction of sp³-hybridized carbons (Fsp3) is 0.227. The molecule has 29 heavy (non-hydrogen) atoms. The summed E-state index contributed by atoms with van der Waals surface area (Å²) in [6, 6.07) is 14.2. The first kappa shape index (κ1) is 20.3. The number of nitrogens with zero attached hydrogens (tertiary/aromatic N) is 1. The van der Waals surface area contributed by atoms with Gasteiger partial charge in [0.2, 0.25) is 11.8 Å². The van der Waals surface area contributed by atoms with Gasteiger partial charge in [0, 0.05) is 17.8 Å². The van der Waals surface area contributed by atoms with Crippen LogP contribution in [0.3, 0.4) is 0 Å². The maximum Gasteiger partial charge on any atom is 0.336 e. The first-order valence-electron chi connectivity index (χ1n) is 9.24. The molecule has 0 aliphatic carbocycles. The molecule has 0 spiro atoms. The maximum atomic E-state index is 13.2. The Morgan fingerprint density at radius 1 is 1.14 bits per heavy atom. The summed E-state index contributed by atoms with van der Waals surface area (Å²) in [7, 11) is 0. The number of allylic oxidation sites excluding steroid dienone is 1. The molecule has 0 saturated carbocycles. The second kappa shape index (κ2) is 8.68. The molecule has 0 aromatic heterocycles. The van der Waals surface area contributed by atoms with E-state index in [1.165, 1.54) is 24.3 Å². The van der Waals surface area contributed by atoms with Crippen molar-refractivity contribution in [2.45, 2.75) is 20.3 Å². The molecule has 1 heterocycles. The van der Waals surface area contributed by atoms with Crippen LogP contribution < -0.4 is 10.2 Å². The molecule has 1 aliphatic rings. The molecule has 1 N–H and O–H groups in total. The highest BCUT2D eigenvalue weighted by atomic mass is 19.1. The van der Waals surface area contributed by atoms with Crippen LogP contribution >= 0.6 is 0 Å². The molecule has 6 nitrogen and oxygen atoms in total. The van der Waals surface area contributed by atoms with Gasteiger partial charge in [0.25, 0.3) is 0 Å². The molecule has 2 amide bonds. The number of rotatable bonds is 6. The molecular weight excluding hydrogens is 375 g/mol. The normalized spacial score (nSPS) is 17.2. The smallest absolute Gasteiger partial charge is 0.336 e. The lowest BCUT2D eigenvalue weighted by Crippen LogP contribution is -2.32. The molecule has 1 atom stereocenters. The summed E-state index contributed by atoms with van der Waals surface area (Å²) in [5, 5.41) is 3.01. The summed E-state index contributed by atoms with van der Waals surface area (Å²) < 4.78 is 18.3. The van der Waals surface area contributed by atoms with Gasteiger partial charge in [-0.05, 0) is 50.2 Å². The van der Waals surface area contributed by atoms with Crippen molar-refractivity contribution >= 4 is 29.2 Å². The van der Waals surface area contributed by atoms with Crippen LogP contribution in [-0.4, -0.2) is 24.4 Å². The minimum Gasteiger partial charge on any atom is -0.463 e. The minimum absolute atomic E-state index is 0.0907. The topological polar surface area (TPSA) is 75.7 Å². The molecule has 1 fully saturated rings. The SMILES string of the molecule is CCOC(=O)/C(=C(/C)Nc1ccc(F)cc1)C1CC(=O)N(c2ccccc2)C1=O. The fourth-order valence-electron chi connectivity index (χ4n) is 3.29. The van der Waals surface area contributed by atoms with Crippen molar-refractivity contribution in [3.63, 3.8) is 0 Å². The van der Waals surface area contributed by atoms with Gasteiger partial charge in [-0.15, -0.1) is 0 Å². The molecule has 7 heteroatoms. The second-order valence-electron chi connectivity index (χ2n) is 6.55. The van der Waals surface area contributed by atoms with E-state index in [9.17, 15) is 18.8 Å². The molecule has 150 valence electrons. The summed E-state index contributed by atoms with van der Waals surface area (Å²) in [6.07, 6.45) is -0.135. The zero-order valence-corrected chi connectivity index (χ0v) is 16.1. The lowest BCUT2D eigenvalue weighted by molar-refractivity contribution is -0.140. The molecule has 1 aliphatic heterocycles. The first-order valence-corrected chi connectivity index (χ1v) is 9.24. The van der Waals surface area contributed by atoms with E-state index in [2.05, 4.69) is 5.32 Å². The van der Waals surface area contributed by atoms with Crippen LogP contribution in [0, 0.1) is 11.7 Å². The lowest BCUT2D eigenvalue weighted by atomic mass is 9.95. The Labute approximate surface area is 168 Å². The van der Waals surface area contributed by atoms with E-state index < -0.39 is 23.6 Å². The monoisotopic (exact) mass is 396 g/mol. The number of carbonyl (C=O) groups excluding carboxylic acids is 3. The number of ether oxygens (including phenoxy) is 1. The standard InChI is InChI=1S/C22H21FN2O4/c1-3-29-22(28)20(14(2)24-16-11-9-15(23)10-12-16)18-13-19(26)25(21(18)27)17-7-5-4-6-8-17/h4-12,18,24H,3,13H2,1-2H3/b20-14-. The summed E-state index contributed by atoms with van der Waals surface area (Å²) in [6.45, 7) is 3.41. The third-order valence-electron chi connectivity index (χ3n) is 4.58. The Kier molecular flexibility index (Phi) is 6.07. The Balaban J connectivity index is 1.96. The van der Waals surface area contributed by atoms with Gasteiger partial charge in [0.05, 0.1) is 23.8 Å². The van der Waals surface area contributed by atoms with E-state index in [0.717, 1.165) is 4.90 Å². The number of carbonyl (C=O) groups is 3. The molecule has 1 saturated heterocycles. The number of amides is 2. The Morgan fingerprint density at radius 3 is 2.41 bits per heavy atom. The van der Waals surface area contributed by atoms with Crippen LogP contribution in [0.4, 0.5) is 15.8 Å². The van der Waals surface area contributed by atoms with Gasteiger partial charge in [-0.25, -0.2) is 9.18 Å². The highest BCUT2D eigenvalue weighted by Crippen LogP contribution is 2.33. The van der Waals surface area contributed by atoms with Gasteiger partial charge < -0.3 is 10.1 Å². The van der Waals surface area contributed by atoms with Crippen molar-refractivity contribution < 1.29 is 23.5 Å². The first-order chi connectivity index (χ1) is 13.9. The minimum atomic E-state index is -0.963. The zero-order valence-electron chi connectivity index (χ0n) is 16.1. The van der Waals surface area contributed by atoms with Gasteiger partial charge in [-0.3, -0.25) is 14.5 Å². The van der Waals surface area contributed by atoms with Crippen molar-refractivity contribution in [3.05, 3.63) is 71.7 Å². The van der Waals surface area contributed by atoms with Crippen LogP contribution in [-0.2, 0) is 19.1 Å². The van der Waals surface area contributed by atoms with Crippen LogP contribution in [0.2, 0.25) is 0 Å². The number of halogens is 1. The van der Waals surface area contributed by atoms with Crippen molar-refractivity contribution in [2.75, 3.05) is 16.8 Å². The third kappa shape index (κ3) is 4.34. The molecule has 2 aromatic rings. The van der Waals surface area contributed by atoms with E-state index in [1.807, 2.05) is 0 Å². The lowest BCUT2D eigenvalue weighted by Gasteiger charge is -2.18. The van der Waals surface area contributed by atoms with Crippen LogP contribution in [0.25, 0.3) is 0 Å². The van der Waals surface area contributed by atoms with Gasteiger partial charge >= 0.3 is 5.97 Å². The fourth-order valence-corrected chi connectivity index (χ4v) is 3.29. The molecule has 2 aromatic carbocycles. The van der Waals surface area contributed by atoms with Crippen LogP contribution in [0.5, 0.6) is 0 Å². The van der Waals surface area contributed by atoms with Gasteiger partial charge in [0.15, 0.2) is 0 Å². The second-order valence-corrected chi connectivity index (χ2v) is 6.55. The maximum absolute atomic E-state index is 13.2. The number of nitrogens with one attached hydrogen (secondary N) is 1. The summed E-state index contributed by atoms with van der Waals surface area (Å²) in [4.78, 5) is 39.4. The Morgan fingerprint density at radius 2 is 1.79 bits per heavy atom.